The number of rotatable bonds is 6. The first-order valence-electron chi connectivity index (χ1n) is 10.1. The minimum Gasteiger partial charge on any atom is -0.345 e. The van der Waals surface area contributed by atoms with Crippen molar-refractivity contribution in [3.8, 4) is 0 Å². The summed E-state index contributed by atoms with van der Waals surface area (Å²) >= 11 is 0. The van der Waals surface area contributed by atoms with Gasteiger partial charge in [-0.25, -0.2) is 0 Å². The molecule has 0 aromatic carbocycles. The van der Waals surface area contributed by atoms with E-state index in [0.717, 1.165) is 25.9 Å². The van der Waals surface area contributed by atoms with Crippen molar-refractivity contribution in [2.75, 3.05) is 39.8 Å². The maximum atomic E-state index is 12.8. The van der Waals surface area contributed by atoms with Crippen molar-refractivity contribution < 1.29 is 4.79 Å². The second-order valence-electron chi connectivity index (χ2n) is 8.64. The molecule has 0 saturated carbocycles. The maximum Gasteiger partial charge on any atom is 0.226 e. The van der Waals surface area contributed by atoms with Crippen LogP contribution in [0.2, 0.25) is 0 Å². The fraction of sp³-hybridized carbons (Fsp3) is 0.950. The highest BCUT2D eigenvalue weighted by Gasteiger charge is 2.33. The molecule has 0 aromatic rings. The van der Waals surface area contributed by atoms with Crippen LogP contribution in [-0.4, -0.2) is 72.5 Å². The Morgan fingerprint density at radius 3 is 2.33 bits per heavy atom. The summed E-state index contributed by atoms with van der Waals surface area (Å²) < 4.78 is 0. The van der Waals surface area contributed by atoms with Gasteiger partial charge in [0.05, 0.1) is 5.92 Å². The smallest absolute Gasteiger partial charge is 0.226 e. The van der Waals surface area contributed by atoms with Crippen LogP contribution in [0.3, 0.4) is 0 Å². The molecule has 0 aliphatic carbocycles. The molecule has 2 rings (SSSR count). The molecular weight excluding hydrogens is 298 g/mol. The van der Waals surface area contributed by atoms with Gasteiger partial charge in [-0.05, 0) is 71.5 Å². The van der Waals surface area contributed by atoms with Gasteiger partial charge in [-0.2, -0.15) is 0 Å². The highest BCUT2D eigenvalue weighted by atomic mass is 16.2. The fourth-order valence-electron chi connectivity index (χ4n) is 4.18. The van der Waals surface area contributed by atoms with Crippen LogP contribution in [0.15, 0.2) is 0 Å². The molecule has 0 spiro atoms. The third-order valence-corrected chi connectivity index (χ3v) is 5.97. The zero-order valence-electron chi connectivity index (χ0n) is 16.6. The first-order chi connectivity index (χ1) is 11.4. The Morgan fingerprint density at radius 2 is 1.75 bits per heavy atom. The van der Waals surface area contributed by atoms with Gasteiger partial charge in [0.25, 0.3) is 0 Å². The van der Waals surface area contributed by atoms with Crippen LogP contribution in [0.1, 0.15) is 59.8 Å². The number of amides is 1. The Morgan fingerprint density at radius 1 is 1.08 bits per heavy atom. The molecule has 0 radical (unpaired) electrons. The topological polar surface area (TPSA) is 26.8 Å². The third-order valence-electron chi connectivity index (χ3n) is 5.97. The molecule has 2 fully saturated rings. The summed E-state index contributed by atoms with van der Waals surface area (Å²) in [6.45, 7) is 14.5. The Kier molecular flexibility index (Phi) is 7.55. The molecule has 24 heavy (non-hydrogen) atoms. The zero-order chi connectivity index (χ0) is 17.7. The van der Waals surface area contributed by atoms with E-state index in [4.69, 9.17) is 0 Å². The van der Waals surface area contributed by atoms with Crippen molar-refractivity contribution in [1.29, 1.82) is 0 Å². The number of likely N-dealkylation sites (tertiary alicyclic amines) is 2. The van der Waals surface area contributed by atoms with Crippen molar-refractivity contribution in [2.45, 2.75) is 71.9 Å². The van der Waals surface area contributed by atoms with Crippen LogP contribution in [0.5, 0.6) is 0 Å². The van der Waals surface area contributed by atoms with Crippen LogP contribution in [0.25, 0.3) is 0 Å². The summed E-state index contributed by atoms with van der Waals surface area (Å²) in [6, 6.07) is 1.35. The van der Waals surface area contributed by atoms with E-state index in [1.807, 2.05) is 11.9 Å². The predicted molar refractivity (Wildman–Crippen MR) is 101 cm³/mol. The summed E-state index contributed by atoms with van der Waals surface area (Å²) in [7, 11) is 1.99. The average molecular weight is 338 g/mol. The molecule has 1 amide bonds. The van der Waals surface area contributed by atoms with Crippen molar-refractivity contribution >= 4 is 5.91 Å². The van der Waals surface area contributed by atoms with Gasteiger partial charge in [0, 0.05) is 32.2 Å². The minimum atomic E-state index is 0.221. The highest BCUT2D eigenvalue weighted by molar-refractivity contribution is 5.78. The van der Waals surface area contributed by atoms with Gasteiger partial charge in [0.1, 0.15) is 0 Å². The van der Waals surface area contributed by atoms with Crippen LogP contribution in [0, 0.1) is 11.8 Å². The Hall–Kier alpha value is -0.610. The lowest BCUT2D eigenvalue weighted by molar-refractivity contribution is -0.136. The molecule has 4 heteroatoms. The molecule has 1 unspecified atom stereocenters. The standard InChI is InChI=1S/C20H39N3O/c1-16(2)8-12-21(5)20(24)18-7-6-11-23(15-18)19-9-13-22(14-10-19)17(3)4/h16-19H,6-15H2,1-5H3. The molecule has 0 N–H and O–H groups in total. The molecule has 2 saturated heterocycles. The fourth-order valence-corrected chi connectivity index (χ4v) is 4.18. The molecule has 2 aliphatic heterocycles. The van der Waals surface area contributed by atoms with Gasteiger partial charge in [0.2, 0.25) is 5.91 Å². The van der Waals surface area contributed by atoms with E-state index in [2.05, 4.69) is 37.5 Å². The predicted octanol–water partition coefficient (Wildman–Crippen LogP) is 3.08. The first-order valence-corrected chi connectivity index (χ1v) is 10.1. The van der Waals surface area contributed by atoms with E-state index in [-0.39, 0.29) is 5.92 Å². The van der Waals surface area contributed by atoms with Crippen LogP contribution >= 0.6 is 0 Å². The summed E-state index contributed by atoms with van der Waals surface area (Å²) in [4.78, 5) is 20.0. The summed E-state index contributed by atoms with van der Waals surface area (Å²) in [6.07, 6.45) is 5.89. The molecule has 2 heterocycles. The van der Waals surface area contributed by atoms with E-state index >= 15 is 0 Å². The van der Waals surface area contributed by atoms with Gasteiger partial charge >= 0.3 is 0 Å². The molecule has 0 aromatic heterocycles. The molecule has 1 atom stereocenters. The highest BCUT2D eigenvalue weighted by Crippen LogP contribution is 2.25. The lowest BCUT2D eigenvalue weighted by atomic mass is 9.92. The van der Waals surface area contributed by atoms with Crippen molar-refractivity contribution in [3.05, 3.63) is 0 Å². The van der Waals surface area contributed by atoms with Gasteiger partial charge in [-0.15, -0.1) is 0 Å². The Bertz CT molecular complexity index is 388. The van der Waals surface area contributed by atoms with E-state index in [9.17, 15) is 4.79 Å². The number of nitrogens with zero attached hydrogens (tertiary/aromatic N) is 3. The molecular formula is C20H39N3O. The first kappa shape index (κ1) is 19.7. The number of piperidine rings is 2. The van der Waals surface area contributed by atoms with Crippen LogP contribution in [-0.2, 0) is 4.79 Å². The normalized spacial score (nSPS) is 24.7. The van der Waals surface area contributed by atoms with Crippen molar-refractivity contribution in [1.82, 2.24) is 14.7 Å². The Labute approximate surface area is 149 Å². The molecule has 4 nitrogen and oxygen atoms in total. The third kappa shape index (κ3) is 5.45. The number of carbonyl (C=O) groups excluding carboxylic acids is 1. The maximum absolute atomic E-state index is 12.8. The quantitative estimate of drug-likeness (QED) is 0.745. The van der Waals surface area contributed by atoms with Gasteiger partial charge in [-0.1, -0.05) is 13.8 Å². The van der Waals surface area contributed by atoms with Gasteiger partial charge < -0.3 is 9.80 Å². The van der Waals surface area contributed by atoms with Gasteiger partial charge in [0.15, 0.2) is 0 Å². The second kappa shape index (κ2) is 9.19. The minimum absolute atomic E-state index is 0.221. The largest absolute Gasteiger partial charge is 0.345 e. The number of hydrogen-bond acceptors (Lipinski definition) is 3. The molecule has 2 aliphatic rings. The lowest BCUT2D eigenvalue weighted by Gasteiger charge is -2.43. The average Bonchev–Trinajstić information content (AvgIpc) is 2.59. The summed E-state index contributed by atoms with van der Waals surface area (Å²) in [5, 5.41) is 0. The number of carbonyl (C=O) groups is 1. The van der Waals surface area contributed by atoms with Gasteiger partial charge in [-0.3, -0.25) is 9.69 Å². The summed E-state index contributed by atoms with van der Waals surface area (Å²) in [5.74, 6) is 1.26. The monoisotopic (exact) mass is 337 g/mol. The SMILES string of the molecule is CC(C)CCN(C)C(=O)C1CCCN(C2CCN(C(C)C)CC2)C1. The van der Waals surface area contributed by atoms with Crippen molar-refractivity contribution in [2.24, 2.45) is 11.8 Å². The molecule has 0 bridgehead atoms. The van der Waals surface area contributed by atoms with E-state index in [1.54, 1.807) is 0 Å². The van der Waals surface area contributed by atoms with E-state index in [0.29, 0.717) is 23.9 Å². The van der Waals surface area contributed by atoms with E-state index < -0.39 is 0 Å². The van der Waals surface area contributed by atoms with Crippen LogP contribution in [0.4, 0.5) is 0 Å². The van der Waals surface area contributed by atoms with Crippen molar-refractivity contribution in [3.63, 3.8) is 0 Å². The molecule has 140 valence electrons. The van der Waals surface area contributed by atoms with Crippen LogP contribution < -0.4 is 0 Å². The Balaban J connectivity index is 1.82. The number of hydrogen-bond donors (Lipinski definition) is 0. The zero-order valence-corrected chi connectivity index (χ0v) is 16.6. The van der Waals surface area contributed by atoms with E-state index in [1.165, 1.54) is 38.9 Å². The second-order valence-corrected chi connectivity index (χ2v) is 8.64. The summed E-state index contributed by atoms with van der Waals surface area (Å²) in [5.41, 5.74) is 0. The lowest BCUT2D eigenvalue weighted by Crippen LogP contribution is -2.51.